The van der Waals surface area contributed by atoms with Gasteiger partial charge in [-0.2, -0.15) is 5.12 Å². The number of anilines is 1. The van der Waals surface area contributed by atoms with E-state index in [0.29, 0.717) is 0 Å². The first-order valence-electron chi connectivity index (χ1n) is 4.34. The molecule has 1 rings (SSSR count). The number of hydrogen-bond acceptors (Lipinski definition) is 2. The average molecular weight is 196 g/mol. The monoisotopic (exact) mass is 196 g/mol. The fourth-order valence-corrected chi connectivity index (χ4v) is 1.10. The number of halogens is 1. The molecule has 0 atom stereocenters. The molecule has 1 aromatic carbocycles. The second-order valence-corrected chi connectivity index (χ2v) is 2.99. The summed E-state index contributed by atoms with van der Waals surface area (Å²) in [5, 5.41) is 3.13. The average Bonchev–Trinajstić information content (AvgIpc) is 2.18. The minimum atomic E-state index is -0.583. The van der Waals surface area contributed by atoms with Gasteiger partial charge in [0.05, 0.1) is 6.54 Å². The Hall–Kier alpha value is -1.58. The van der Waals surface area contributed by atoms with Crippen LogP contribution in [-0.2, 0) is 11.3 Å². The molecule has 0 aliphatic heterocycles. The van der Waals surface area contributed by atoms with E-state index in [4.69, 9.17) is 0 Å². The summed E-state index contributed by atoms with van der Waals surface area (Å²) in [6, 6.07) is 7.26. The topological polar surface area (TPSA) is 32.3 Å². The Kier molecular flexibility index (Phi) is 3.45. The lowest BCUT2D eigenvalue weighted by Crippen LogP contribution is -2.18. The highest BCUT2D eigenvalue weighted by Crippen LogP contribution is 2.12. The van der Waals surface area contributed by atoms with E-state index in [2.05, 4.69) is 5.32 Å². The highest BCUT2D eigenvalue weighted by molar-refractivity contribution is 5.71. The van der Waals surface area contributed by atoms with Gasteiger partial charge < -0.3 is 5.32 Å². The number of nitrogens with zero attached hydrogens (tertiary/aromatic N) is 1. The molecular weight excluding hydrogens is 183 g/mol. The molecule has 4 heteroatoms. The largest absolute Gasteiger partial charge is 0.388 e. The SMILES string of the molecule is CNc1cccc(CN(F)C(C)=O)c1. The van der Waals surface area contributed by atoms with Gasteiger partial charge in [-0.3, -0.25) is 4.79 Å². The number of carbonyl (C=O) groups excluding carboxylic acids is 1. The molecule has 3 nitrogen and oxygen atoms in total. The van der Waals surface area contributed by atoms with Gasteiger partial charge in [-0.25, -0.2) is 0 Å². The fraction of sp³-hybridized carbons (Fsp3) is 0.300. The Morgan fingerprint density at radius 1 is 1.57 bits per heavy atom. The van der Waals surface area contributed by atoms with Gasteiger partial charge in [0.15, 0.2) is 0 Å². The van der Waals surface area contributed by atoms with E-state index in [1.807, 2.05) is 12.1 Å². The quantitative estimate of drug-likeness (QED) is 0.749. The van der Waals surface area contributed by atoms with Crippen LogP contribution in [0.25, 0.3) is 0 Å². The fourth-order valence-electron chi connectivity index (χ4n) is 1.10. The van der Waals surface area contributed by atoms with E-state index in [-0.39, 0.29) is 11.7 Å². The van der Waals surface area contributed by atoms with E-state index >= 15 is 0 Å². The molecule has 76 valence electrons. The maximum atomic E-state index is 12.9. The van der Waals surface area contributed by atoms with Gasteiger partial charge in [-0.05, 0) is 17.7 Å². The van der Waals surface area contributed by atoms with Gasteiger partial charge >= 0.3 is 0 Å². The van der Waals surface area contributed by atoms with Crippen molar-refractivity contribution in [2.75, 3.05) is 12.4 Å². The highest BCUT2D eigenvalue weighted by atomic mass is 19.2. The number of benzene rings is 1. The summed E-state index contributed by atoms with van der Waals surface area (Å²) in [5.41, 5.74) is 1.66. The zero-order chi connectivity index (χ0) is 10.6. The number of amides is 1. The smallest absolute Gasteiger partial charge is 0.247 e. The molecule has 0 saturated carbocycles. The Morgan fingerprint density at radius 3 is 2.86 bits per heavy atom. The van der Waals surface area contributed by atoms with Crippen molar-refractivity contribution in [2.24, 2.45) is 0 Å². The van der Waals surface area contributed by atoms with E-state index < -0.39 is 5.91 Å². The second kappa shape index (κ2) is 4.60. The Morgan fingerprint density at radius 2 is 2.29 bits per heavy atom. The van der Waals surface area contributed by atoms with Crippen LogP contribution in [0.3, 0.4) is 0 Å². The Bertz CT molecular complexity index is 328. The molecule has 0 bridgehead atoms. The molecule has 14 heavy (non-hydrogen) atoms. The van der Waals surface area contributed by atoms with Gasteiger partial charge in [0, 0.05) is 19.7 Å². The van der Waals surface area contributed by atoms with Gasteiger partial charge in [-0.1, -0.05) is 16.6 Å². The summed E-state index contributed by atoms with van der Waals surface area (Å²) in [7, 11) is 1.79. The molecule has 1 N–H and O–H groups in total. The minimum absolute atomic E-state index is 0.00907. The first-order valence-corrected chi connectivity index (χ1v) is 4.34. The molecule has 0 heterocycles. The van der Waals surface area contributed by atoms with Crippen LogP contribution in [0.2, 0.25) is 0 Å². The predicted molar refractivity (Wildman–Crippen MR) is 53.3 cm³/mol. The van der Waals surface area contributed by atoms with Crippen molar-refractivity contribution >= 4 is 11.6 Å². The molecule has 0 radical (unpaired) electrons. The van der Waals surface area contributed by atoms with Crippen LogP contribution in [0, 0.1) is 0 Å². The van der Waals surface area contributed by atoms with Crippen LogP contribution in [0.15, 0.2) is 24.3 Å². The minimum Gasteiger partial charge on any atom is -0.388 e. The number of hydrogen-bond donors (Lipinski definition) is 1. The van der Waals surface area contributed by atoms with E-state index in [1.165, 1.54) is 6.92 Å². The van der Waals surface area contributed by atoms with Crippen molar-refractivity contribution < 1.29 is 9.28 Å². The predicted octanol–water partition coefficient (Wildman–Crippen LogP) is 1.96. The molecular formula is C10H13FN2O. The van der Waals surface area contributed by atoms with Crippen molar-refractivity contribution in [3.63, 3.8) is 0 Å². The van der Waals surface area contributed by atoms with Crippen LogP contribution in [0.1, 0.15) is 12.5 Å². The summed E-state index contributed by atoms with van der Waals surface area (Å²) in [6.45, 7) is 1.19. The highest BCUT2D eigenvalue weighted by Gasteiger charge is 2.07. The lowest BCUT2D eigenvalue weighted by atomic mass is 10.2. The zero-order valence-corrected chi connectivity index (χ0v) is 8.25. The van der Waals surface area contributed by atoms with Gasteiger partial charge in [0.1, 0.15) is 0 Å². The first kappa shape index (κ1) is 10.5. The van der Waals surface area contributed by atoms with E-state index in [9.17, 15) is 9.28 Å². The summed E-state index contributed by atoms with van der Waals surface area (Å²) >= 11 is 0. The number of rotatable bonds is 3. The molecule has 0 saturated heterocycles. The lowest BCUT2D eigenvalue weighted by molar-refractivity contribution is -0.145. The Balaban J connectivity index is 2.71. The van der Waals surface area contributed by atoms with Gasteiger partial charge in [0.2, 0.25) is 5.91 Å². The Labute approximate surface area is 82.5 Å². The van der Waals surface area contributed by atoms with Crippen molar-refractivity contribution in [2.45, 2.75) is 13.5 Å². The summed E-state index contributed by atoms with van der Waals surface area (Å²) < 4.78 is 12.9. The lowest BCUT2D eigenvalue weighted by Gasteiger charge is -2.10. The summed E-state index contributed by atoms with van der Waals surface area (Å²) in [6.07, 6.45) is 0. The molecule has 0 spiro atoms. The van der Waals surface area contributed by atoms with Crippen LogP contribution in [0.5, 0.6) is 0 Å². The number of nitrogens with one attached hydrogen (secondary N) is 1. The third kappa shape index (κ3) is 2.73. The zero-order valence-electron chi connectivity index (χ0n) is 8.25. The van der Waals surface area contributed by atoms with Crippen molar-refractivity contribution in [3.8, 4) is 0 Å². The second-order valence-electron chi connectivity index (χ2n) is 2.99. The third-order valence-corrected chi connectivity index (χ3v) is 1.88. The van der Waals surface area contributed by atoms with Crippen molar-refractivity contribution in [1.82, 2.24) is 5.12 Å². The molecule has 1 amide bonds. The van der Waals surface area contributed by atoms with Crippen LogP contribution >= 0.6 is 0 Å². The molecule has 0 unspecified atom stereocenters. The molecule has 0 aromatic heterocycles. The van der Waals surface area contributed by atoms with E-state index in [1.54, 1.807) is 19.2 Å². The molecule has 0 aliphatic carbocycles. The normalized spacial score (nSPS) is 9.64. The maximum Gasteiger partial charge on any atom is 0.247 e. The van der Waals surface area contributed by atoms with Gasteiger partial charge in [0.25, 0.3) is 0 Å². The van der Waals surface area contributed by atoms with Crippen molar-refractivity contribution in [3.05, 3.63) is 29.8 Å². The summed E-state index contributed by atoms with van der Waals surface area (Å²) in [5.74, 6) is -0.583. The van der Waals surface area contributed by atoms with Crippen LogP contribution in [0.4, 0.5) is 10.2 Å². The summed E-state index contributed by atoms with van der Waals surface area (Å²) in [4.78, 5) is 10.6. The standard InChI is InChI=1S/C10H13FN2O/c1-8(14)13(11)7-9-4-3-5-10(6-9)12-2/h3-6,12H,7H2,1-2H3. The molecule has 0 aliphatic rings. The van der Waals surface area contributed by atoms with E-state index in [0.717, 1.165) is 11.3 Å². The molecule has 0 fully saturated rings. The number of carbonyl (C=O) groups is 1. The molecule has 1 aromatic rings. The van der Waals surface area contributed by atoms with Crippen molar-refractivity contribution in [1.29, 1.82) is 0 Å². The van der Waals surface area contributed by atoms with Crippen LogP contribution in [-0.4, -0.2) is 18.1 Å². The third-order valence-electron chi connectivity index (χ3n) is 1.88. The first-order chi connectivity index (χ1) is 6.63. The van der Waals surface area contributed by atoms with Crippen LogP contribution < -0.4 is 5.32 Å². The van der Waals surface area contributed by atoms with Gasteiger partial charge in [-0.15, -0.1) is 0 Å². The maximum absolute atomic E-state index is 12.9.